The van der Waals surface area contributed by atoms with Gasteiger partial charge in [0.15, 0.2) is 0 Å². The zero-order valence-corrected chi connectivity index (χ0v) is 16.4. The number of aromatic nitrogens is 2. The number of hydrogen-bond acceptors (Lipinski definition) is 2. The third-order valence-electron chi connectivity index (χ3n) is 4.45. The highest BCUT2D eigenvalue weighted by Gasteiger charge is 2.15. The molecule has 0 radical (unpaired) electrons. The summed E-state index contributed by atoms with van der Waals surface area (Å²) in [4.78, 5) is 17.1. The number of pyridine rings is 2. The first kappa shape index (κ1) is 21.1. The van der Waals surface area contributed by atoms with Crippen LogP contribution in [0, 0.1) is 13.8 Å². The molecule has 2 aromatic heterocycles. The lowest BCUT2D eigenvalue weighted by Gasteiger charge is -2.17. The van der Waals surface area contributed by atoms with Gasteiger partial charge in [-0.05, 0) is 43.9 Å². The quantitative estimate of drug-likeness (QED) is 0.710. The van der Waals surface area contributed by atoms with Crippen molar-refractivity contribution in [2.75, 3.05) is 0 Å². The molecule has 25 heavy (non-hydrogen) atoms. The highest BCUT2D eigenvalue weighted by Crippen LogP contribution is 2.20. The van der Waals surface area contributed by atoms with E-state index in [1.54, 1.807) is 16.7 Å². The van der Waals surface area contributed by atoms with E-state index < -0.39 is 6.67 Å². The molecule has 138 valence electrons. The first-order valence-corrected chi connectivity index (χ1v) is 9.18. The fraction of sp³-hybridized carbons (Fsp3) is 0.524. The molecule has 0 fully saturated rings. The molecule has 0 aliphatic heterocycles. The fourth-order valence-electron chi connectivity index (χ4n) is 2.84. The van der Waals surface area contributed by atoms with Gasteiger partial charge in [-0.3, -0.25) is 9.78 Å². The van der Waals surface area contributed by atoms with Gasteiger partial charge >= 0.3 is 0 Å². The molecule has 0 saturated carbocycles. The summed E-state index contributed by atoms with van der Waals surface area (Å²) in [7, 11) is 0. The molecule has 0 aliphatic carbocycles. The van der Waals surface area contributed by atoms with Crippen LogP contribution in [0.5, 0.6) is 0 Å². The van der Waals surface area contributed by atoms with Crippen molar-refractivity contribution < 1.29 is 4.39 Å². The van der Waals surface area contributed by atoms with E-state index in [1.807, 2.05) is 33.8 Å². The van der Waals surface area contributed by atoms with Crippen LogP contribution in [0.2, 0.25) is 0 Å². The second-order valence-corrected chi connectivity index (χ2v) is 6.24. The molecule has 0 spiro atoms. The molecule has 3 nitrogen and oxygen atoms in total. The van der Waals surface area contributed by atoms with Crippen molar-refractivity contribution in [3.8, 4) is 0 Å². The van der Waals surface area contributed by atoms with Crippen molar-refractivity contribution in [1.29, 1.82) is 0 Å². The van der Waals surface area contributed by atoms with Gasteiger partial charge in [0.2, 0.25) is 0 Å². The molecule has 1 unspecified atom stereocenters. The number of rotatable bonds is 6. The fourth-order valence-corrected chi connectivity index (χ4v) is 2.84. The monoisotopic (exact) mass is 346 g/mol. The van der Waals surface area contributed by atoms with Crippen LogP contribution < -0.4 is 5.56 Å². The van der Waals surface area contributed by atoms with Crippen LogP contribution in [0.15, 0.2) is 29.2 Å². The van der Waals surface area contributed by atoms with E-state index in [1.165, 1.54) is 6.20 Å². The maximum absolute atomic E-state index is 12.9. The van der Waals surface area contributed by atoms with Gasteiger partial charge in [0.1, 0.15) is 6.67 Å². The van der Waals surface area contributed by atoms with Crippen LogP contribution in [0.3, 0.4) is 0 Å². The minimum atomic E-state index is -0.518. The average Bonchev–Trinajstić information content (AvgIpc) is 2.64. The standard InChI is InChI=1S/C19H25FN2O.C2H6/c1-5-6-13(2)18-9-14(3)15(4)22(19(18)23)12-17-8-7-16(10-20)11-21-17;1-2/h7-9,11,13H,5-6,10,12H2,1-4H3;1-2H3. The zero-order chi connectivity index (χ0) is 19.0. The number of alkyl halides is 1. The molecule has 4 heteroatoms. The van der Waals surface area contributed by atoms with E-state index in [4.69, 9.17) is 0 Å². The van der Waals surface area contributed by atoms with Crippen molar-refractivity contribution in [3.05, 3.63) is 62.8 Å². The van der Waals surface area contributed by atoms with Gasteiger partial charge in [0, 0.05) is 23.0 Å². The smallest absolute Gasteiger partial charge is 0.254 e. The van der Waals surface area contributed by atoms with Gasteiger partial charge < -0.3 is 4.57 Å². The van der Waals surface area contributed by atoms with E-state index in [-0.39, 0.29) is 11.5 Å². The second kappa shape index (κ2) is 10.1. The van der Waals surface area contributed by atoms with Crippen molar-refractivity contribution in [3.63, 3.8) is 0 Å². The van der Waals surface area contributed by atoms with E-state index in [9.17, 15) is 9.18 Å². The molecule has 0 bridgehead atoms. The Labute approximate surface area is 150 Å². The first-order valence-electron chi connectivity index (χ1n) is 9.18. The van der Waals surface area contributed by atoms with Crippen LogP contribution in [0.25, 0.3) is 0 Å². The van der Waals surface area contributed by atoms with Crippen LogP contribution >= 0.6 is 0 Å². The van der Waals surface area contributed by atoms with E-state index in [0.717, 1.165) is 35.4 Å². The van der Waals surface area contributed by atoms with E-state index >= 15 is 0 Å². The lowest BCUT2D eigenvalue weighted by molar-refractivity contribution is 0.484. The van der Waals surface area contributed by atoms with E-state index in [0.29, 0.717) is 12.1 Å². The summed E-state index contributed by atoms with van der Waals surface area (Å²) in [6.45, 7) is 12.1. The Morgan fingerprint density at radius 3 is 2.44 bits per heavy atom. The summed E-state index contributed by atoms with van der Waals surface area (Å²) >= 11 is 0. The van der Waals surface area contributed by atoms with Gasteiger partial charge in [0.25, 0.3) is 5.56 Å². The molecule has 0 amide bonds. The lowest BCUT2D eigenvalue weighted by atomic mass is 9.96. The Balaban J connectivity index is 0.00000151. The van der Waals surface area contributed by atoms with Crippen LogP contribution in [0.1, 0.15) is 74.5 Å². The molecule has 2 rings (SSSR count). The molecule has 0 N–H and O–H groups in total. The van der Waals surface area contributed by atoms with Gasteiger partial charge in [-0.15, -0.1) is 0 Å². The highest BCUT2D eigenvalue weighted by atomic mass is 19.1. The minimum Gasteiger partial charge on any atom is -0.306 e. The Morgan fingerprint density at radius 1 is 1.24 bits per heavy atom. The van der Waals surface area contributed by atoms with Crippen molar-refractivity contribution in [1.82, 2.24) is 9.55 Å². The largest absolute Gasteiger partial charge is 0.306 e. The summed E-state index contributed by atoms with van der Waals surface area (Å²) in [6.07, 6.45) is 3.59. The van der Waals surface area contributed by atoms with Gasteiger partial charge in [-0.2, -0.15) is 0 Å². The SMILES string of the molecule is CC.CCCC(C)c1cc(C)c(C)n(Cc2ccc(CF)cn2)c1=O. The summed E-state index contributed by atoms with van der Waals surface area (Å²) < 4.78 is 14.4. The van der Waals surface area contributed by atoms with Crippen molar-refractivity contribution in [2.24, 2.45) is 0 Å². The van der Waals surface area contributed by atoms with Crippen LogP contribution in [0.4, 0.5) is 4.39 Å². The van der Waals surface area contributed by atoms with Gasteiger partial charge in [-0.25, -0.2) is 4.39 Å². The second-order valence-electron chi connectivity index (χ2n) is 6.24. The topological polar surface area (TPSA) is 34.9 Å². The number of halogens is 1. The Bertz CT molecular complexity index is 720. The summed E-state index contributed by atoms with van der Waals surface area (Å²) in [5.41, 5.74) is 4.33. The summed E-state index contributed by atoms with van der Waals surface area (Å²) in [5.74, 6) is 0.250. The molecule has 0 saturated heterocycles. The number of aryl methyl sites for hydroxylation is 1. The highest BCUT2D eigenvalue weighted by molar-refractivity contribution is 5.28. The minimum absolute atomic E-state index is 0.0606. The molecule has 2 heterocycles. The molecule has 2 aromatic rings. The predicted molar refractivity (Wildman–Crippen MR) is 103 cm³/mol. The number of hydrogen-bond donors (Lipinski definition) is 0. The Kier molecular flexibility index (Phi) is 8.53. The summed E-state index contributed by atoms with van der Waals surface area (Å²) in [6, 6.07) is 5.53. The maximum Gasteiger partial charge on any atom is 0.254 e. The van der Waals surface area contributed by atoms with Crippen molar-refractivity contribution >= 4 is 0 Å². The van der Waals surface area contributed by atoms with Gasteiger partial charge in [0.05, 0.1) is 12.2 Å². The molecule has 1 atom stereocenters. The molecule has 0 aromatic carbocycles. The Hall–Kier alpha value is -1.97. The maximum atomic E-state index is 12.9. The van der Waals surface area contributed by atoms with Crippen molar-refractivity contribution in [2.45, 2.75) is 73.5 Å². The normalized spacial score (nSPS) is 11.6. The lowest BCUT2D eigenvalue weighted by Crippen LogP contribution is -2.28. The third kappa shape index (κ3) is 5.25. The molecule has 0 aliphatic rings. The summed E-state index contributed by atoms with van der Waals surface area (Å²) in [5, 5.41) is 0. The van der Waals surface area contributed by atoms with Crippen LogP contribution in [-0.2, 0) is 13.2 Å². The molecular formula is C21H31FN2O. The Morgan fingerprint density at radius 2 is 1.92 bits per heavy atom. The average molecular weight is 346 g/mol. The van der Waals surface area contributed by atoms with Gasteiger partial charge in [-0.1, -0.05) is 40.2 Å². The van der Waals surface area contributed by atoms with Crippen LogP contribution in [-0.4, -0.2) is 9.55 Å². The number of nitrogens with zero attached hydrogens (tertiary/aromatic N) is 2. The van der Waals surface area contributed by atoms with E-state index in [2.05, 4.69) is 18.8 Å². The zero-order valence-electron chi connectivity index (χ0n) is 16.4. The predicted octanol–water partition coefficient (Wildman–Crippen LogP) is 5.31. The first-order chi connectivity index (χ1) is 12.0. The third-order valence-corrected chi connectivity index (χ3v) is 4.45. The molecular weight excluding hydrogens is 315 g/mol.